The number of nitro groups is 1. The Morgan fingerprint density at radius 3 is 2.58 bits per heavy atom. The molecule has 19 heavy (non-hydrogen) atoms. The summed E-state index contributed by atoms with van der Waals surface area (Å²) < 4.78 is 0. The van der Waals surface area contributed by atoms with E-state index in [4.69, 9.17) is 5.11 Å². The molecule has 1 fully saturated rings. The summed E-state index contributed by atoms with van der Waals surface area (Å²) in [4.78, 5) is 34.2. The highest BCUT2D eigenvalue weighted by molar-refractivity contribution is 5.98. The summed E-state index contributed by atoms with van der Waals surface area (Å²) in [6.07, 6.45) is 0.0145. The van der Waals surface area contributed by atoms with E-state index in [0.29, 0.717) is 13.1 Å². The summed E-state index contributed by atoms with van der Waals surface area (Å²) in [6.45, 7) is 0.661. The standard InChI is InChI=1S/C12H12N2O5/c15-11(16)5-8-6-13(7-8)12(17)9-3-1-2-4-10(9)14(18)19/h1-4,8H,5-7H2,(H,15,16). The molecular formula is C12H12N2O5. The highest BCUT2D eigenvalue weighted by atomic mass is 16.6. The predicted octanol–water partition coefficient (Wildman–Crippen LogP) is 1.14. The number of carboxylic acids is 1. The molecule has 7 heteroatoms. The quantitative estimate of drug-likeness (QED) is 0.649. The lowest BCUT2D eigenvalue weighted by atomic mass is 9.95. The van der Waals surface area contributed by atoms with E-state index >= 15 is 0 Å². The van der Waals surface area contributed by atoms with Gasteiger partial charge in [0.2, 0.25) is 0 Å². The molecule has 1 heterocycles. The molecule has 0 saturated carbocycles. The van der Waals surface area contributed by atoms with Crippen molar-refractivity contribution in [1.82, 2.24) is 4.90 Å². The molecule has 1 saturated heterocycles. The largest absolute Gasteiger partial charge is 0.481 e. The van der Waals surface area contributed by atoms with Crippen LogP contribution in [-0.2, 0) is 4.79 Å². The van der Waals surface area contributed by atoms with Crippen LogP contribution < -0.4 is 0 Å². The van der Waals surface area contributed by atoms with Gasteiger partial charge in [-0.25, -0.2) is 0 Å². The van der Waals surface area contributed by atoms with Crippen molar-refractivity contribution >= 4 is 17.6 Å². The number of aliphatic carboxylic acids is 1. The third-order valence-electron chi connectivity index (χ3n) is 3.04. The van der Waals surface area contributed by atoms with Gasteiger partial charge in [0.25, 0.3) is 11.6 Å². The maximum Gasteiger partial charge on any atom is 0.303 e. The van der Waals surface area contributed by atoms with Crippen LogP contribution in [0.3, 0.4) is 0 Å². The van der Waals surface area contributed by atoms with Crippen LogP contribution in [-0.4, -0.2) is 39.9 Å². The number of hydrogen-bond acceptors (Lipinski definition) is 4. The van der Waals surface area contributed by atoms with Gasteiger partial charge in [-0.3, -0.25) is 19.7 Å². The topological polar surface area (TPSA) is 101 Å². The second-order valence-electron chi connectivity index (χ2n) is 4.45. The molecule has 1 N–H and O–H groups in total. The van der Waals surface area contributed by atoms with E-state index in [1.54, 1.807) is 6.07 Å². The lowest BCUT2D eigenvalue weighted by Crippen LogP contribution is -2.50. The number of amides is 1. The van der Waals surface area contributed by atoms with E-state index in [2.05, 4.69) is 0 Å². The van der Waals surface area contributed by atoms with E-state index < -0.39 is 16.8 Å². The first-order valence-electron chi connectivity index (χ1n) is 5.73. The summed E-state index contributed by atoms with van der Waals surface area (Å²) in [5, 5.41) is 19.4. The van der Waals surface area contributed by atoms with Gasteiger partial charge in [-0.2, -0.15) is 0 Å². The second kappa shape index (κ2) is 5.05. The maximum atomic E-state index is 12.1. The zero-order chi connectivity index (χ0) is 14.0. The smallest absolute Gasteiger partial charge is 0.303 e. The number of carboxylic acid groups (broad SMARTS) is 1. The van der Waals surface area contributed by atoms with Gasteiger partial charge in [0.05, 0.1) is 11.3 Å². The number of carbonyl (C=O) groups is 2. The number of nitrogens with zero attached hydrogens (tertiary/aromatic N) is 2. The molecule has 1 aliphatic heterocycles. The van der Waals surface area contributed by atoms with Crippen LogP contribution in [0.1, 0.15) is 16.8 Å². The molecule has 0 atom stereocenters. The molecule has 0 spiro atoms. The van der Waals surface area contributed by atoms with Crippen molar-refractivity contribution in [2.75, 3.05) is 13.1 Å². The monoisotopic (exact) mass is 264 g/mol. The van der Waals surface area contributed by atoms with Gasteiger partial charge in [0, 0.05) is 25.1 Å². The van der Waals surface area contributed by atoms with Crippen molar-refractivity contribution in [3.8, 4) is 0 Å². The Hall–Kier alpha value is -2.44. The fourth-order valence-electron chi connectivity index (χ4n) is 2.10. The molecular weight excluding hydrogens is 252 g/mol. The SMILES string of the molecule is O=C(O)CC1CN(C(=O)c2ccccc2[N+](=O)[O-])C1. The number of carbonyl (C=O) groups excluding carboxylic acids is 1. The van der Waals surface area contributed by atoms with Crippen molar-refractivity contribution in [2.24, 2.45) is 5.92 Å². The van der Waals surface area contributed by atoms with Crippen LogP contribution in [0.2, 0.25) is 0 Å². The third kappa shape index (κ3) is 2.70. The molecule has 0 aromatic heterocycles. The average Bonchev–Trinajstić information content (AvgIpc) is 2.32. The molecule has 0 radical (unpaired) electrons. The highest BCUT2D eigenvalue weighted by Crippen LogP contribution is 2.25. The van der Waals surface area contributed by atoms with Gasteiger partial charge >= 0.3 is 5.97 Å². The van der Waals surface area contributed by atoms with Gasteiger partial charge in [-0.15, -0.1) is 0 Å². The Morgan fingerprint density at radius 2 is 2.00 bits per heavy atom. The van der Waals surface area contributed by atoms with Crippen LogP contribution in [0, 0.1) is 16.0 Å². The lowest BCUT2D eigenvalue weighted by Gasteiger charge is -2.38. The summed E-state index contributed by atoms with van der Waals surface area (Å²) in [7, 11) is 0. The fraction of sp³-hybridized carbons (Fsp3) is 0.333. The zero-order valence-electron chi connectivity index (χ0n) is 9.98. The Bertz CT molecular complexity index is 537. The number of nitro benzene ring substituents is 1. The van der Waals surface area contributed by atoms with Gasteiger partial charge in [0.1, 0.15) is 5.56 Å². The first kappa shape index (κ1) is 13.0. The van der Waals surface area contributed by atoms with E-state index in [1.807, 2.05) is 0 Å². The number of rotatable bonds is 4. The minimum Gasteiger partial charge on any atom is -0.481 e. The summed E-state index contributed by atoms with van der Waals surface area (Å²) in [5.41, 5.74) is -0.185. The Kier molecular flexibility index (Phi) is 3.46. The van der Waals surface area contributed by atoms with Crippen LogP contribution in [0.25, 0.3) is 0 Å². The number of likely N-dealkylation sites (tertiary alicyclic amines) is 1. The fourth-order valence-corrected chi connectivity index (χ4v) is 2.10. The normalized spacial score (nSPS) is 14.8. The predicted molar refractivity (Wildman–Crippen MR) is 64.7 cm³/mol. The zero-order valence-corrected chi connectivity index (χ0v) is 9.98. The van der Waals surface area contributed by atoms with Gasteiger partial charge in [0.15, 0.2) is 0 Å². The van der Waals surface area contributed by atoms with Crippen LogP contribution in [0.5, 0.6) is 0 Å². The maximum absolute atomic E-state index is 12.1. The minimum absolute atomic E-state index is 0.0145. The van der Waals surface area contributed by atoms with Crippen LogP contribution in [0.4, 0.5) is 5.69 Å². The minimum atomic E-state index is -0.900. The molecule has 1 amide bonds. The number of benzene rings is 1. The van der Waals surface area contributed by atoms with E-state index in [0.717, 1.165) is 0 Å². The van der Waals surface area contributed by atoms with Gasteiger partial charge in [-0.1, -0.05) is 12.1 Å². The summed E-state index contributed by atoms with van der Waals surface area (Å²) >= 11 is 0. The van der Waals surface area contributed by atoms with E-state index in [9.17, 15) is 19.7 Å². The van der Waals surface area contributed by atoms with Crippen molar-refractivity contribution in [2.45, 2.75) is 6.42 Å². The molecule has 0 bridgehead atoms. The first-order chi connectivity index (χ1) is 8.99. The molecule has 7 nitrogen and oxygen atoms in total. The summed E-state index contributed by atoms with van der Waals surface area (Å²) in [6, 6.07) is 5.75. The van der Waals surface area contributed by atoms with Crippen molar-refractivity contribution in [3.63, 3.8) is 0 Å². The third-order valence-corrected chi connectivity index (χ3v) is 3.04. The lowest BCUT2D eigenvalue weighted by molar-refractivity contribution is -0.385. The molecule has 1 aliphatic rings. The Balaban J connectivity index is 2.06. The molecule has 0 unspecified atom stereocenters. The Morgan fingerprint density at radius 1 is 1.37 bits per heavy atom. The molecule has 1 aromatic rings. The average molecular weight is 264 g/mol. The molecule has 2 rings (SSSR count). The van der Waals surface area contributed by atoms with Crippen molar-refractivity contribution in [1.29, 1.82) is 0 Å². The second-order valence-corrected chi connectivity index (χ2v) is 4.45. The van der Waals surface area contributed by atoms with Crippen molar-refractivity contribution < 1.29 is 19.6 Å². The van der Waals surface area contributed by atoms with E-state index in [-0.39, 0.29) is 23.6 Å². The summed E-state index contributed by atoms with van der Waals surface area (Å²) in [5.74, 6) is -1.39. The number of hydrogen-bond donors (Lipinski definition) is 1. The van der Waals surface area contributed by atoms with Crippen LogP contribution >= 0.6 is 0 Å². The molecule has 0 aliphatic carbocycles. The molecule has 100 valence electrons. The first-order valence-corrected chi connectivity index (χ1v) is 5.73. The van der Waals surface area contributed by atoms with Crippen LogP contribution in [0.15, 0.2) is 24.3 Å². The molecule has 1 aromatic carbocycles. The van der Waals surface area contributed by atoms with E-state index in [1.165, 1.54) is 23.1 Å². The Labute approximate surface area is 108 Å². The van der Waals surface area contributed by atoms with Gasteiger partial charge in [-0.05, 0) is 6.07 Å². The highest BCUT2D eigenvalue weighted by Gasteiger charge is 2.34. The van der Waals surface area contributed by atoms with Crippen molar-refractivity contribution in [3.05, 3.63) is 39.9 Å². The number of para-hydroxylation sites is 1. The van der Waals surface area contributed by atoms with Gasteiger partial charge < -0.3 is 10.0 Å².